The van der Waals surface area contributed by atoms with Crippen molar-refractivity contribution in [2.45, 2.75) is 5.22 Å². The first-order chi connectivity index (χ1) is 14.2. The molecule has 1 saturated heterocycles. The maximum atomic E-state index is 12.6. The first-order valence-corrected chi connectivity index (χ1v) is 10.4. The van der Waals surface area contributed by atoms with Gasteiger partial charge in [-0.15, -0.1) is 0 Å². The zero-order valence-electron chi connectivity index (χ0n) is 16.2. The number of aromatic nitrogens is 2. The number of thioether (sulfide) groups is 1. The number of hydrogen-bond donors (Lipinski definition) is 0. The maximum Gasteiger partial charge on any atom is 0.286 e. The Bertz CT molecular complexity index is 938. The lowest BCUT2D eigenvalue weighted by Crippen LogP contribution is -2.49. The molecular formula is C21H22N4O3S. The van der Waals surface area contributed by atoms with Gasteiger partial charge in [0.25, 0.3) is 5.22 Å². The standard InChI is InChI=1S/C21H22N4O3S/c1-27-18-9-7-17(8-10-18)24-11-13-25(14-12-24)19(26)15-29-21-22-20(23-28-21)16-5-3-2-4-6-16/h2-10H,11-15H2,1H3. The van der Waals surface area contributed by atoms with E-state index < -0.39 is 0 Å². The average Bonchev–Trinajstić information content (AvgIpc) is 3.27. The Morgan fingerprint density at radius 2 is 1.79 bits per heavy atom. The molecule has 2 aromatic carbocycles. The van der Waals surface area contributed by atoms with Crippen LogP contribution in [0.5, 0.6) is 5.75 Å². The predicted molar refractivity (Wildman–Crippen MR) is 112 cm³/mol. The van der Waals surface area contributed by atoms with Crippen LogP contribution in [-0.2, 0) is 4.79 Å². The third kappa shape index (κ3) is 4.71. The van der Waals surface area contributed by atoms with Crippen LogP contribution in [0.15, 0.2) is 64.3 Å². The van der Waals surface area contributed by atoms with E-state index in [0.717, 1.165) is 30.1 Å². The molecule has 3 aromatic rings. The van der Waals surface area contributed by atoms with E-state index in [-0.39, 0.29) is 5.91 Å². The first-order valence-electron chi connectivity index (χ1n) is 9.41. The zero-order valence-corrected chi connectivity index (χ0v) is 17.0. The maximum absolute atomic E-state index is 12.6. The highest BCUT2D eigenvalue weighted by molar-refractivity contribution is 7.99. The van der Waals surface area contributed by atoms with Crippen molar-refractivity contribution < 1.29 is 14.1 Å². The van der Waals surface area contributed by atoms with Crippen LogP contribution in [0.25, 0.3) is 11.4 Å². The Kier molecular flexibility index (Phi) is 6.00. The fraction of sp³-hybridized carbons (Fsp3) is 0.286. The van der Waals surface area contributed by atoms with Crippen LogP contribution >= 0.6 is 11.8 Å². The number of nitrogens with zero attached hydrogens (tertiary/aromatic N) is 4. The molecule has 150 valence electrons. The minimum atomic E-state index is 0.0869. The Balaban J connectivity index is 1.26. The summed E-state index contributed by atoms with van der Waals surface area (Å²) in [6.45, 7) is 3.01. The highest BCUT2D eigenvalue weighted by Crippen LogP contribution is 2.23. The van der Waals surface area contributed by atoms with Crippen molar-refractivity contribution in [1.29, 1.82) is 0 Å². The Morgan fingerprint density at radius 3 is 2.48 bits per heavy atom. The van der Waals surface area contributed by atoms with Gasteiger partial charge < -0.3 is 19.1 Å². The number of benzene rings is 2. The van der Waals surface area contributed by atoms with Gasteiger partial charge in [0.15, 0.2) is 0 Å². The first kappa shape index (κ1) is 19.3. The number of piperazine rings is 1. The minimum Gasteiger partial charge on any atom is -0.497 e. The molecule has 0 spiro atoms. The lowest BCUT2D eigenvalue weighted by Gasteiger charge is -2.36. The van der Waals surface area contributed by atoms with Gasteiger partial charge in [-0.25, -0.2) is 0 Å². The highest BCUT2D eigenvalue weighted by Gasteiger charge is 2.22. The molecule has 1 amide bonds. The van der Waals surface area contributed by atoms with Crippen molar-refractivity contribution in [2.24, 2.45) is 0 Å². The van der Waals surface area contributed by atoms with Gasteiger partial charge in [-0.2, -0.15) is 4.98 Å². The summed E-state index contributed by atoms with van der Waals surface area (Å²) in [5.74, 6) is 1.76. The van der Waals surface area contributed by atoms with Gasteiger partial charge in [-0.05, 0) is 24.3 Å². The molecule has 2 heterocycles. The molecule has 1 aliphatic heterocycles. The molecule has 1 aliphatic rings. The topological polar surface area (TPSA) is 71.7 Å². The molecule has 1 fully saturated rings. The molecule has 0 N–H and O–H groups in total. The van der Waals surface area contributed by atoms with Gasteiger partial charge in [0.1, 0.15) is 5.75 Å². The lowest BCUT2D eigenvalue weighted by molar-refractivity contribution is -0.128. The smallest absolute Gasteiger partial charge is 0.286 e. The monoisotopic (exact) mass is 410 g/mol. The lowest BCUT2D eigenvalue weighted by atomic mass is 10.2. The largest absolute Gasteiger partial charge is 0.497 e. The van der Waals surface area contributed by atoms with Gasteiger partial charge in [0, 0.05) is 37.4 Å². The number of ether oxygens (including phenoxy) is 1. The summed E-state index contributed by atoms with van der Waals surface area (Å²) in [5, 5.41) is 4.40. The summed E-state index contributed by atoms with van der Waals surface area (Å²) in [4.78, 5) is 21.1. The van der Waals surface area contributed by atoms with Gasteiger partial charge in [0.05, 0.1) is 12.9 Å². The highest BCUT2D eigenvalue weighted by atomic mass is 32.2. The van der Waals surface area contributed by atoms with E-state index in [1.807, 2.05) is 59.5 Å². The molecule has 4 rings (SSSR count). The number of hydrogen-bond acceptors (Lipinski definition) is 7. The van der Waals surface area contributed by atoms with Gasteiger partial charge in [-0.3, -0.25) is 4.79 Å². The number of carbonyl (C=O) groups is 1. The second kappa shape index (κ2) is 9.00. The molecule has 1 aromatic heterocycles. The average molecular weight is 410 g/mol. The van der Waals surface area contributed by atoms with Crippen LogP contribution in [0, 0.1) is 0 Å². The van der Waals surface area contributed by atoms with E-state index in [9.17, 15) is 4.79 Å². The van der Waals surface area contributed by atoms with Crippen LogP contribution in [0.2, 0.25) is 0 Å². The van der Waals surface area contributed by atoms with Gasteiger partial charge in [-0.1, -0.05) is 47.3 Å². The zero-order chi connectivity index (χ0) is 20.1. The second-order valence-corrected chi connectivity index (χ2v) is 7.53. The number of amides is 1. The van der Waals surface area contributed by atoms with Crippen molar-refractivity contribution in [3.8, 4) is 17.1 Å². The molecule has 7 nitrogen and oxygen atoms in total. The van der Waals surface area contributed by atoms with Crippen molar-refractivity contribution in [3.63, 3.8) is 0 Å². The third-order valence-corrected chi connectivity index (χ3v) is 5.63. The molecule has 0 atom stereocenters. The van der Waals surface area contributed by atoms with Crippen LogP contribution in [-0.4, -0.2) is 60.0 Å². The van der Waals surface area contributed by atoms with Crippen molar-refractivity contribution in [2.75, 3.05) is 43.9 Å². The SMILES string of the molecule is COc1ccc(N2CCN(C(=O)CSc3nc(-c4ccccc4)no3)CC2)cc1. The molecule has 8 heteroatoms. The van der Waals surface area contributed by atoms with Crippen molar-refractivity contribution in [1.82, 2.24) is 15.0 Å². The quantitative estimate of drug-likeness (QED) is 0.578. The van der Waals surface area contributed by atoms with Crippen molar-refractivity contribution >= 4 is 23.4 Å². The van der Waals surface area contributed by atoms with E-state index >= 15 is 0 Å². The van der Waals surface area contributed by atoms with E-state index in [2.05, 4.69) is 15.0 Å². The van der Waals surface area contributed by atoms with Crippen LogP contribution < -0.4 is 9.64 Å². The molecule has 0 bridgehead atoms. The Hall–Kier alpha value is -3.00. The van der Waals surface area contributed by atoms with E-state index in [4.69, 9.17) is 9.26 Å². The van der Waals surface area contributed by atoms with Crippen molar-refractivity contribution in [3.05, 3.63) is 54.6 Å². The molecular weight excluding hydrogens is 388 g/mol. The summed E-state index contributed by atoms with van der Waals surface area (Å²) < 4.78 is 10.5. The Morgan fingerprint density at radius 1 is 1.07 bits per heavy atom. The fourth-order valence-corrected chi connectivity index (χ4v) is 3.87. The summed E-state index contributed by atoms with van der Waals surface area (Å²) in [6, 6.07) is 17.6. The van der Waals surface area contributed by atoms with Crippen LogP contribution in [0.3, 0.4) is 0 Å². The second-order valence-electron chi connectivity index (χ2n) is 6.60. The number of rotatable bonds is 6. The minimum absolute atomic E-state index is 0.0869. The van der Waals surface area contributed by atoms with Gasteiger partial charge >= 0.3 is 0 Å². The van der Waals surface area contributed by atoms with Crippen LogP contribution in [0.1, 0.15) is 0 Å². The van der Waals surface area contributed by atoms with E-state index in [1.54, 1.807) is 7.11 Å². The van der Waals surface area contributed by atoms with E-state index in [1.165, 1.54) is 11.8 Å². The third-order valence-electron chi connectivity index (χ3n) is 4.83. The molecule has 0 unspecified atom stereocenters. The van der Waals surface area contributed by atoms with Gasteiger partial charge in [0.2, 0.25) is 11.7 Å². The number of anilines is 1. The summed E-state index contributed by atoms with van der Waals surface area (Å²) in [5.41, 5.74) is 2.04. The Labute approximate surface area is 173 Å². The molecule has 0 aliphatic carbocycles. The summed E-state index contributed by atoms with van der Waals surface area (Å²) >= 11 is 1.28. The molecule has 0 radical (unpaired) electrons. The number of carbonyl (C=O) groups excluding carboxylic acids is 1. The number of methoxy groups -OCH3 is 1. The predicted octanol–water partition coefficient (Wildman–Crippen LogP) is 3.19. The molecule has 29 heavy (non-hydrogen) atoms. The molecule has 0 saturated carbocycles. The van der Waals surface area contributed by atoms with Crippen LogP contribution in [0.4, 0.5) is 5.69 Å². The fourth-order valence-electron chi connectivity index (χ4n) is 3.19. The summed E-state index contributed by atoms with van der Waals surface area (Å²) in [7, 11) is 1.66. The normalized spacial score (nSPS) is 14.1. The van der Waals surface area contributed by atoms with E-state index in [0.29, 0.717) is 29.9 Å². The summed E-state index contributed by atoms with van der Waals surface area (Å²) in [6.07, 6.45) is 0.